The number of hydrogen-bond donors (Lipinski definition) is 1. The van der Waals surface area contributed by atoms with Gasteiger partial charge in [-0.2, -0.15) is 0 Å². The highest BCUT2D eigenvalue weighted by Gasteiger charge is 2.45. The molecule has 1 aliphatic rings. The van der Waals surface area contributed by atoms with Crippen LogP contribution >= 0.6 is 0 Å². The Hall–Kier alpha value is -1.26. The summed E-state index contributed by atoms with van der Waals surface area (Å²) in [6.45, 7) is 10.8. The van der Waals surface area contributed by atoms with Crippen molar-refractivity contribution in [3.05, 3.63) is 0 Å². The molecule has 0 aromatic heterocycles. The minimum atomic E-state index is -0.905. The predicted molar refractivity (Wildman–Crippen MR) is 74.1 cm³/mol. The minimum absolute atomic E-state index is 0.0805. The van der Waals surface area contributed by atoms with Crippen LogP contribution in [0.2, 0.25) is 0 Å². The second-order valence-corrected chi connectivity index (χ2v) is 6.19. The van der Waals surface area contributed by atoms with Gasteiger partial charge in [0, 0.05) is 19.1 Å². The van der Waals surface area contributed by atoms with Gasteiger partial charge in [-0.05, 0) is 39.0 Å². The number of likely N-dealkylation sites (tertiary alicyclic amines) is 1. The number of carboxylic acid groups (broad SMARTS) is 1. The maximum absolute atomic E-state index is 12.6. The number of hydrogen-bond acceptors (Lipinski definition) is 2. The van der Waals surface area contributed by atoms with Gasteiger partial charge in [-0.15, -0.1) is 0 Å². The van der Waals surface area contributed by atoms with Crippen molar-refractivity contribution in [2.45, 2.75) is 59.5 Å². The molecule has 1 N–H and O–H groups in total. The minimum Gasteiger partial charge on any atom is -0.480 e. The molecule has 0 radical (unpaired) electrons. The van der Waals surface area contributed by atoms with Crippen LogP contribution in [0.1, 0.15) is 47.5 Å². The summed E-state index contributed by atoms with van der Waals surface area (Å²) in [6, 6.07) is -0.809. The summed E-state index contributed by atoms with van der Waals surface area (Å²) >= 11 is 0. The lowest BCUT2D eigenvalue weighted by molar-refractivity contribution is -0.148. The zero-order valence-electron chi connectivity index (χ0n) is 12.6. The highest BCUT2D eigenvalue weighted by molar-refractivity contribution is 5.83. The van der Waals surface area contributed by atoms with Crippen molar-refractivity contribution in [2.24, 2.45) is 5.41 Å². The smallest absolute Gasteiger partial charge is 0.327 e. The van der Waals surface area contributed by atoms with Gasteiger partial charge >= 0.3 is 12.0 Å². The van der Waals surface area contributed by atoms with Crippen LogP contribution in [0.3, 0.4) is 0 Å². The standard InChI is InChI=1S/C14H26N2O3/c1-6-15(10(2)3)13(19)16-9-7-8-14(4,5)11(16)12(17)18/h10-11H,6-9H2,1-5H3,(H,17,18). The summed E-state index contributed by atoms with van der Waals surface area (Å²) in [6.07, 6.45) is 1.69. The van der Waals surface area contributed by atoms with Gasteiger partial charge in [-0.25, -0.2) is 9.59 Å². The molecule has 0 bridgehead atoms. The first kappa shape index (κ1) is 15.8. The molecule has 5 heteroatoms. The normalized spacial score (nSPS) is 22.4. The molecule has 1 heterocycles. The Labute approximate surface area is 115 Å². The van der Waals surface area contributed by atoms with Crippen molar-refractivity contribution in [3.63, 3.8) is 0 Å². The number of urea groups is 1. The number of nitrogens with zero attached hydrogens (tertiary/aromatic N) is 2. The fourth-order valence-corrected chi connectivity index (χ4v) is 2.95. The van der Waals surface area contributed by atoms with Gasteiger partial charge < -0.3 is 14.9 Å². The Balaban J connectivity index is 3.02. The van der Waals surface area contributed by atoms with Crippen molar-refractivity contribution < 1.29 is 14.7 Å². The van der Waals surface area contributed by atoms with Crippen LogP contribution in [-0.2, 0) is 4.79 Å². The highest BCUT2D eigenvalue weighted by Crippen LogP contribution is 2.35. The number of carboxylic acids is 1. The molecule has 1 unspecified atom stereocenters. The van der Waals surface area contributed by atoms with Crippen LogP contribution in [0, 0.1) is 5.41 Å². The molecule has 1 rings (SSSR count). The van der Waals surface area contributed by atoms with E-state index < -0.39 is 12.0 Å². The Morgan fingerprint density at radius 3 is 2.42 bits per heavy atom. The molecule has 110 valence electrons. The van der Waals surface area contributed by atoms with Crippen molar-refractivity contribution in [1.29, 1.82) is 0 Å². The highest BCUT2D eigenvalue weighted by atomic mass is 16.4. The molecule has 2 amide bonds. The van der Waals surface area contributed by atoms with Crippen molar-refractivity contribution >= 4 is 12.0 Å². The molecule has 0 aromatic rings. The van der Waals surface area contributed by atoms with E-state index in [4.69, 9.17) is 0 Å². The van der Waals surface area contributed by atoms with E-state index in [9.17, 15) is 14.7 Å². The van der Waals surface area contributed by atoms with E-state index >= 15 is 0 Å². The monoisotopic (exact) mass is 270 g/mol. The predicted octanol–water partition coefficient (Wildman–Crippen LogP) is 2.41. The summed E-state index contributed by atoms with van der Waals surface area (Å²) in [5.41, 5.74) is -0.379. The topological polar surface area (TPSA) is 60.9 Å². The molecular formula is C14H26N2O3. The number of carbonyl (C=O) groups is 2. The van der Waals surface area contributed by atoms with E-state index in [1.807, 2.05) is 34.6 Å². The first-order valence-electron chi connectivity index (χ1n) is 7.02. The lowest BCUT2D eigenvalue weighted by Crippen LogP contribution is -2.60. The molecular weight excluding hydrogens is 244 g/mol. The number of rotatable bonds is 3. The first-order valence-corrected chi connectivity index (χ1v) is 7.02. The number of piperidine rings is 1. The van der Waals surface area contributed by atoms with Crippen LogP contribution in [-0.4, -0.2) is 52.1 Å². The zero-order chi connectivity index (χ0) is 14.8. The molecule has 1 fully saturated rings. The van der Waals surface area contributed by atoms with Crippen molar-refractivity contribution in [3.8, 4) is 0 Å². The molecule has 1 saturated heterocycles. The van der Waals surface area contributed by atoms with Gasteiger partial charge in [0.1, 0.15) is 6.04 Å². The Bertz CT molecular complexity index is 353. The fraction of sp³-hybridized carbons (Fsp3) is 0.857. The fourth-order valence-electron chi connectivity index (χ4n) is 2.95. The number of amides is 2. The van der Waals surface area contributed by atoms with Crippen molar-refractivity contribution in [1.82, 2.24) is 9.80 Å². The van der Waals surface area contributed by atoms with Crippen molar-refractivity contribution in [2.75, 3.05) is 13.1 Å². The largest absolute Gasteiger partial charge is 0.480 e. The summed E-state index contributed by atoms with van der Waals surface area (Å²) in [7, 11) is 0. The van der Waals surface area contributed by atoms with Gasteiger partial charge in [-0.3, -0.25) is 0 Å². The van der Waals surface area contributed by atoms with Crippen LogP contribution in [0.15, 0.2) is 0 Å². The van der Waals surface area contributed by atoms with Gasteiger partial charge in [-0.1, -0.05) is 13.8 Å². The maximum Gasteiger partial charge on any atom is 0.327 e. The average Bonchev–Trinajstić information content (AvgIpc) is 2.26. The van der Waals surface area contributed by atoms with Crippen LogP contribution in [0.4, 0.5) is 4.79 Å². The summed E-state index contributed by atoms with van der Waals surface area (Å²) < 4.78 is 0. The Kier molecular flexibility index (Phi) is 4.82. The molecule has 0 aromatic carbocycles. The maximum atomic E-state index is 12.6. The molecule has 1 aliphatic heterocycles. The van der Waals surface area contributed by atoms with Gasteiger partial charge in [0.15, 0.2) is 0 Å². The van der Waals surface area contributed by atoms with Crippen LogP contribution in [0.5, 0.6) is 0 Å². The van der Waals surface area contributed by atoms with E-state index in [0.29, 0.717) is 13.1 Å². The summed E-state index contributed by atoms with van der Waals surface area (Å²) in [5.74, 6) is -0.905. The van der Waals surface area contributed by atoms with Crippen LogP contribution in [0.25, 0.3) is 0 Å². The van der Waals surface area contributed by atoms with E-state index in [2.05, 4.69) is 0 Å². The second-order valence-electron chi connectivity index (χ2n) is 6.19. The van der Waals surface area contributed by atoms with E-state index in [-0.39, 0.29) is 17.5 Å². The second kappa shape index (κ2) is 5.80. The quantitative estimate of drug-likeness (QED) is 0.856. The molecule has 1 atom stereocenters. The lowest BCUT2D eigenvalue weighted by atomic mass is 9.76. The molecule has 0 saturated carbocycles. The number of carbonyl (C=O) groups excluding carboxylic acids is 1. The SMILES string of the molecule is CCN(C(=O)N1CCCC(C)(C)C1C(=O)O)C(C)C. The Morgan fingerprint density at radius 2 is 2.00 bits per heavy atom. The third-order valence-electron chi connectivity index (χ3n) is 3.96. The molecule has 0 aliphatic carbocycles. The number of aliphatic carboxylic acids is 1. The van der Waals surface area contributed by atoms with Crippen LogP contribution < -0.4 is 0 Å². The Morgan fingerprint density at radius 1 is 1.42 bits per heavy atom. The first-order chi connectivity index (χ1) is 8.72. The lowest BCUT2D eigenvalue weighted by Gasteiger charge is -2.46. The van der Waals surface area contributed by atoms with E-state index in [0.717, 1.165) is 12.8 Å². The molecule has 5 nitrogen and oxygen atoms in total. The van der Waals surface area contributed by atoms with Gasteiger partial charge in [0.05, 0.1) is 0 Å². The third-order valence-corrected chi connectivity index (χ3v) is 3.96. The van der Waals surface area contributed by atoms with Gasteiger partial charge in [0.2, 0.25) is 0 Å². The van der Waals surface area contributed by atoms with E-state index in [1.54, 1.807) is 4.90 Å². The third kappa shape index (κ3) is 3.19. The van der Waals surface area contributed by atoms with E-state index in [1.165, 1.54) is 4.90 Å². The zero-order valence-corrected chi connectivity index (χ0v) is 12.6. The molecule has 0 spiro atoms. The summed E-state index contributed by atoms with van der Waals surface area (Å²) in [5, 5.41) is 9.47. The average molecular weight is 270 g/mol. The molecule has 19 heavy (non-hydrogen) atoms. The van der Waals surface area contributed by atoms with Gasteiger partial charge in [0.25, 0.3) is 0 Å². The summed E-state index contributed by atoms with van der Waals surface area (Å²) in [4.78, 5) is 27.4.